The molecule has 0 radical (unpaired) electrons. The summed E-state index contributed by atoms with van der Waals surface area (Å²) in [5, 5.41) is 2.81. The van der Waals surface area contributed by atoms with Crippen molar-refractivity contribution in [3.63, 3.8) is 0 Å². The van der Waals surface area contributed by atoms with E-state index in [1.807, 2.05) is 12.1 Å². The number of nitrogens with zero attached hydrogens (tertiary/aromatic N) is 1. The number of carbonyl (C=O) groups excluding carboxylic acids is 3. The van der Waals surface area contributed by atoms with E-state index in [1.54, 1.807) is 42.3 Å². The van der Waals surface area contributed by atoms with Crippen LogP contribution >= 0.6 is 0 Å². The van der Waals surface area contributed by atoms with Crippen LogP contribution in [0.2, 0.25) is 0 Å². The number of fused-ring (bicyclic) bond motifs is 2. The maximum Gasteiger partial charge on any atom is 0.307 e. The molecule has 2 atom stereocenters. The van der Waals surface area contributed by atoms with Crippen molar-refractivity contribution in [1.82, 2.24) is 10.2 Å². The van der Waals surface area contributed by atoms with E-state index in [-0.39, 0.29) is 31.6 Å². The molecule has 0 aliphatic carbocycles. The summed E-state index contributed by atoms with van der Waals surface area (Å²) >= 11 is 0. The predicted molar refractivity (Wildman–Crippen MR) is 106 cm³/mol. The molecule has 0 saturated carbocycles. The van der Waals surface area contributed by atoms with Gasteiger partial charge in [0.1, 0.15) is 0 Å². The number of hydrogen-bond donors (Lipinski definition) is 1. The average Bonchev–Trinajstić information content (AvgIpc) is 3.23. The minimum atomic E-state index is -0.651. The lowest BCUT2D eigenvalue weighted by Crippen LogP contribution is -2.45. The molecule has 1 N–H and O–H groups in total. The second kappa shape index (κ2) is 8.06. The molecule has 0 saturated heterocycles. The maximum absolute atomic E-state index is 13.2. The summed E-state index contributed by atoms with van der Waals surface area (Å²) in [4.78, 5) is 39.2. The molecule has 4 rings (SSSR count). The fourth-order valence-electron chi connectivity index (χ4n) is 3.97. The largest absolute Gasteiger partial charge is 0.469 e. The number of amides is 2. The zero-order valence-corrected chi connectivity index (χ0v) is 16.7. The molecule has 156 valence electrons. The molecule has 2 heterocycles. The highest BCUT2D eigenvalue weighted by molar-refractivity contribution is 6.01. The average molecular weight is 410 g/mol. The van der Waals surface area contributed by atoms with Gasteiger partial charge in [0.25, 0.3) is 5.91 Å². The van der Waals surface area contributed by atoms with Gasteiger partial charge in [-0.05, 0) is 29.3 Å². The molecule has 2 aromatic rings. The van der Waals surface area contributed by atoms with Gasteiger partial charge in [-0.3, -0.25) is 14.4 Å². The Labute approximate surface area is 173 Å². The molecule has 8 heteroatoms. The van der Waals surface area contributed by atoms with Crippen LogP contribution in [0.5, 0.6) is 11.5 Å². The fourth-order valence-corrected chi connectivity index (χ4v) is 3.97. The van der Waals surface area contributed by atoms with Crippen molar-refractivity contribution in [1.29, 1.82) is 0 Å². The van der Waals surface area contributed by atoms with Crippen molar-refractivity contribution >= 4 is 17.8 Å². The SMILES string of the molecule is COC(=O)CCNC(=O)C1c2ccccc2C(=O)N(C)C1c1ccc2c(c1)OCO2. The van der Waals surface area contributed by atoms with Crippen LogP contribution < -0.4 is 14.8 Å². The number of nitrogens with one attached hydrogen (secondary N) is 1. The Kier molecular flexibility index (Phi) is 5.31. The highest BCUT2D eigenvalue weighted by Gasteiger charge is 2.42. The Balaban J connectivity index is 1.71. The zero-order chi connectivity index (χ0) is 21.3. The summed E-state index contributed by atoms with van der Waals surface area (Å²) in [5.74, 6) is -0.277. The first-order valence-electron chi connectivity index (χ1n) is 9.61. The van der Waals surface area contributed by atoms with Gasteiger partial charge in [0.15, 0.2) is 11.5 Å². The lowest BCUT2D eigenvalue weighted by Gasteiger charge is -2.39. The summed E-state index contributed by atoms with van der Waals surface area (Å²) in [6.07, 6.45) is 0.0695. The van der Waals surface area contributed by atoms with Gasteiger partial charge in [-0.25, -0.2) is 0 Å². The molecule has 2 aromatic carbocycles. The quantitative estimate of drug-likeness (QED) is 0.758. The monoisotopic (exact) mass is 410 g/mol. The van der Waals surface area contributed by atoms with Gasteiger partial charge in [-0.2, -0.15) is 0 Å². The van der Waals surface area contributed by atoms with Gasteiger partial charge in [-0.1, -0.05) is 24.3 Å². The van der Waals surface area contributed by atoms with E-state index >= 15 is 0 Å². The first-order chi connectivity index (χ1) is 14.5. The van der Waals surface area contributed by atoms with Crippen LogP contribution in [0.4, 0.5) is 0 Å². The van der Waals surface area contributed by atoms with E-state index in [0.29, 0.717) is 22.6 Å². The van der Waals surface area contributed by atoms with Crippen molar-refractivity contribution in [3.8, 4) is 11.5 Å². The standard InChI is InChI=1S/C22H22N2O6/c1-24-20(13-7-8-16-17(11-13)30-12-29-16)19(21(26)23-10-9-18(25)28-2)14-5-3-4-6-15(14)22(24)27/h3-8,11,19-20H,9-10,12H2,1-2H3,(H,23,26). The van der Waals surface area contributed by atoms with Gasteiger partial charge < -0.3 is 24.4 Å². The van der Waals surface area contributed by atoms with Gasteiger partial charge >= 0.3 is 5.97 Å². The summed E-state index contributed by atoms with van der Waals surface area (Å²) < 4.78 is 15.5. The van der Waals surface area contributed by atoms with Crippen LogP contribution in [0.25, 0.3) is 0 Å². The third kappa shape index (κ3) is 3.45. The second-order valence-corrected chi connectivity index (χ2v) is 7.16. The van der Waals surface area contributed by atoms with Crippen LogP contribution in [0, 0.1) is 0 Å². The number of rotatable bonds is 5. The number of carbonyl (C=O) groups is 3. The third-order valence-electron chi connectivity index (χ3n) is 5.46. The lowest BCUT2D eigenvalue weighted by atomic mass is 9.79. The Bertz CT molecular complexity index is 1000. The first-order valence-corrected chi connectivity index (χ1v) is 9.61. The fraction of sp³-hybridized carbons (Fsp3) is 0.318. The lowest BCUT2D eigenvalue weighted by molar-refractivity contribution is -0.140. The Hall–Kier alpha value is -3.55. The summed E-state index contributed by atoms with van der Waals surface area (Å²) in [7, 11) is 2.99. The van der Waals surface area contributed by atoms with E-state index in [9.17, 15) is 14.4 Å². The van der Waals surface area contributed by atoms with Gasteiger partial charge in [0.05, 0.1) is 25.5 Å². The number of esters is 1. The number of likely N-dealkylation sites (N-methyl/N-ethyl adjacent to an activating group) is 1. The minimum absolute atomic E-state index is 0.0695. The molecule has 2 aliphatic heterocycles. The van der Waals surface area contributed by atoms with Gasteiger partial charge in [-0.15, -0.1) is 0 Å². The van der Waals surface area contributed by atoms with E-state index in [4.69, 9.17) is 9.47 Å². The van der Waals surface area contributed by atoms with Crippen LogP contribution in [0.15, 0.2) is 42.5 Å². The summed E-state index contributed by atoms with van der Waals surface area (Å²) in [5.41, 5.74) is 1.90. The molecule has 2 aliphatic rings. The Morgan fingerprint density at radius 1 is 1.17 bits per heavy atom. The first kappa shape index (κ1) is 19.8. The molecule has 8 nitrogen and oxygen atoms in total. The van der Waals surface area contributed by atoms with Gasteiger partial charge in [0.2, 0.25) is 12.7 Å². The Morgan fingerprint density at radius 2 is 1.93 bits per heavy atom. The normalized spacial score (nSPS) is 19.3. The molecule has 2 unspecified atom stereocenters. The number of ether oxygens (including phenoxy) is 3. The topological polar surface area (TPSA) is 94.2 Å². The minimum Gasteiger partial charge on any atom is -0.469 e. The molecule has 0 bridgehead atoms. The molecule has 0 spiro atoms. The zero-order valence-electron chi connectivity index (χ0n) is 16.7. The van der Waals surface area contributed by atoms with Gasteiger partial charge in [0, 0.05) is 19.2 Å². The molecule has 30 heavy (non-hydrogen) atoms. The molecule has 0 aromatic heterocycles. The summed E-state index contributed by atoms with van der Waals surface area (Å²) in [6, 6.07) is 12.0. The number of hydrogen-bond acceptors (Lipinski definition) is 6. The van der Waals surface area contributed by atoms with E-state index in [1.165, 1.54) is 7.11 Å². The van der Waals surface area contributed by atoms with Crippen LogP contribution in [-0.2, 0) is 14.3 Å². The summed E-state index contributed by atoms with van der Waals surface area (Å²) in [6.45, 7) is 0.286. The molecule has 2 amide bonds. The molecule has 0 fully saturated rings. The van der Waals surface area contributed by atoms with Crippen LogP contribution in [-0.4, -0.2) is 50.2 Å². The smallest absolute Gasteiger partial charge is 0.307 e. The van der Waals surface area contributed by atoms with E-state index in [2.05, 4.69) is 10.1 Å². The van der Waals surface area contributed by atoms with Crippen molar-refractivity contribution in [2.45, 2.75) is 18.4 Å². The van der Waals surface area contributed by atoms with Crippen molar-refractivity contribution in [2.75, 3.05) is 27.5 Å². The van der Waals surface area contributed by atoms with Crippen molar-refractivity contribution in [3.05, 3.63) is 59.2 Å². The van der Waals surface area contributed by atoms with E-state index in [0.717, 1.165) is 5.56 Å². The van der Waals surface area contributed by atoms with Crippen LogP contribution in [0.1, 0.15) is 39.9 Å². The van der Waals surface area contributed by atoms with Crippen molar-refractivity contribution < 1.29 is 28.6 Å². The highest BCUT2D eigenvalue weighted by atomic mass is 16.7. The second-order valence-electron chi connectivity index (χ2n) is 7.16. The van der Waals surface area contributed by atoms with Crippen molar-refractivity contribution in [2.24, 2.45) is 0 Å². The molecular weight excluding hydrogens is 388 g/mol. The third-order valence-corrected chi connectivity index (χ3v) is 5.46. The Morgan fingerprint density at radius 3 is 2.73 bits per heavy atom. The maximum atomic E-state index is 13.2. The highest BCUT2D eigenvalue weighted by Crippen LogP contribution is 2.44. The number of benzene rings is 2. The molecular formula is C22H22N2O6. The predicted octanol–water partition coefficient (Wildman–Crippen LogP) is 2.01. The van der Waals surface area contributed by atoms with Crippen LogP contribution in [0.3, 0.4) is 0 Å². The number of methoxy groups -OCH3 is 1. The van der Waals surface area contributed by atoms with E-state index < -0.39 is 17.9 Å².